The number of rotatable bonds is 10. The molecule has 0 aliphatic heterocycles. The molecule has 0 atom stereocenters. The fourth-order valence-electron chi connectivity index (χ4n) is 3.19. The molecular weight excluding hydrogens is 398 g/mol. The molecule has 3 rings (SSSR count). The van der Waals surface area contributed by atoms with Crippen molar-refractivity contribution in [2.45, 2.75) is 27.2 Å². The maximum absolute atomic E-state index is 12.1. The van der Waals surface area contributed by atoms with Gasteiger partial charge in [-0.2, -0.15) is 0 Å². The van der Waals surface area contributed by atoms with E-state index in [0.29, 0.717) is 49.0 Å². The summed E-state index contributed by atoms with van der Waals surface area (Å²) in [7, 11) is 0. The van der Waals surface area contributed by atoms with E-state index in [1.54, 1.807) is 12.1 Å². The van der Waals surface area contributed by atoms with Crippen LogP contribution in [0.5, 0.6) is 17.2 Å². The van der Waals surface area contributed by atoms with E-state index in [4.69, 9.17) is 18.6 Å². The van der Waals surface area contributed by atoms with Crippen LogP contribution in [0.15, 0.2) is 51.7 Å². The van der Waals surface area contributed by atoms with E-state index in [0.717, 1.165) is 16.5 Å². The Morgan fingerprint density at radius 3 is 2.52 bits per heavy atom. The van der Waals surface area contributed by atoms with Crippen molar-refractivity contribution in [1.82, 2.24) is 5.32 Å². The minimum Gasteiger partial charge on any atom is -0.490 e. The lowest BCUT2D eigenvalue weighted by Crippen LogP contribution is -2.30. The summed E-state index contributed by atoms with van der Waals surface area (Å²) < 4.78 is 21.9. The smallest absolute Gasteiger partial charge is 0.336 e. The van der Waals surface area contributed by atoms with Gasteiger partial charge in [-0.25, -0.2) is 4.79 Å². The molecule has 1 N–H and O–H groups in total. The van der Waals surface area contributed by atoms with Gasteiger partial charge in [0, 0.05) is 24.1 Å². The average molecular weight is 425 g/mol. The monoisotopic (exact) mass is 425 g/mol. The van der Waals surface area contributed by atoms with E-state index in [2.05, 4.69) is 5.32 Å². The van der Waals surface area contributed by atoms with Gasteiger partial charge in [-0.05, 0) is 62.6 Å². The first-order valence-electron chi connectivity index (χ1n) is 10.3. The molecule has 7 nitrogen and oxygen atoms in total. The molecule has 1 aromatic heterocycles. The van der Waals surface area contributed by atoms with Crippen LogP contribution in [-0.2, 0) is 11.2 Å². The Morgan fingerprint density at radius 2 is 1.74 bits per heavy atom. The molecule has 164 valence electrons. The van der Waals surface area contributed by atoms with Crippen LogP contribution in [0.3, 0.4) is 0 Å². The summed E-state index contributed by atoms with van der Waals surface area (Å²) in [5.41, 5.74) is 1.88. The molecule has 0 radical (unpaired) electrons. The van der Waals surface area contributed by atoms with Crippen LogP contribution in [0.1, 0.15) is 25.0 Å². The van der Waals surface area contributed by atoms with Gasteiger partial charge in [0.05, 0.1) is 13.2 Å². The van der Waals surface area contributed by atoms with Gasteiger partial charge < -0.3 is 23.9 Å². The highest BCUT2D eigenvalue weighted by Gasteiger charge is 2.08. The van der Waals surface area contributed by atoms with Gasteiger partial charge in [0.25, 0.3) is 5.91 Å². The van der Waals surface area contributed by atoms with Crippen LogP contribution in [-0.4, -0.2) is 32.3 Å². The van der Waals surface area contributed by atoms with Crippen molar-refractivity contribution < 1.29 is 23.4 Å². The minimum absolute atomic E-state index is 0.130. The zero-order valence-electron chi connectivity index (χ0n) is 18.0. The standard InChI is InChI=1S/C24H27NO6/c1-4-28-20-9-6-17(13-22(20)29-5-2)10-11-25-23(26)15-30-18-7-8-19-16(3)12-24(27)31-21(19)14-18/h6-9,12-14H,4-5,10-11,15H2,1-3H3,(H,25,26). The average Bonchev–Trinajstić information content (AvgIpc) is 2.74. The van der Waals surface area contributed by atoms with Crippen molar-refractivity contribution in [3.05, 3.63) is 64.0 Å². The molecule has 0 bridgehead atoms. The zero-order chi connectivity index (χ0) is 22.2. The Balaban J connectivity index is 1.51. The van der Waals surface area contributed by atoms with Gasteiger partial charge in [0.1, 0.15) is 11.3 Å². The number of fused-ring (bicyclic) bond motifs is 1. The van der Waals surface area contributed by atoms with Gasteiger partial charge in [-0.3, -0.25) is 4.79 Å². The van der Waals surface area contributed by atoms with E-state index in [1.165, 1.54) is 6.07 Å². The molecule has 0 saturated heterocycles. The number of aryl methyl sites for hydroxylation is 1. The zero-order valence-corrected chi connectivity index (χ0v) is 18.0. The second-order valence-electron chi connectivity index (χ2n) is 6.94. The Bertz CT molecular complexity index is 1100. The number of ether oxygens (including phenoxy) is 3. The second-order valence-corrected chi connectivity index (χ2v) is 6.94. The van der Waals surface area contributed by atoms with Gasteiger partial charge >= 0.3 is 5.63 Å². The quantitative estimate of drug-likeness (QED) is 0.499. The molecule has 0 spiro atoms. The van der Waals surface area contributed by atoms with Crippen molar-refractivity contribution >= 4 is 16.9 Å². The highest BCUT2D eigenvalue weighted by Crippen LogP contribution is 2.28. The third-order valence-electron chi connectivity index (χ3n) is 4.64. The Kier molecular flexibility index (Phi) is 7.54. The van der Waals surface area contributed by atoms with E-state index < -0.39 is 5.63 Å². The Hall–Kier alpha value is -3.48. The molecule has 2 aromatic carbocycles. The summed E-state index contributed by atoms with van der Waals surface area (Å²) in [6, 6.07) is 12.4. The first-order chi connectivity index (χ1) is 15.0. The summed E-state index contributed by atoms with van der Waals surface area (Å²) in [6.07, 6.45) is 0.651. The molecule has 0 saturated carbocycles. The number of benzene rings is 2. The van der Waals surface area contributed by atoms with Crippen molar-refractivity contribution in [2.24, 2.45) is 0 Å². The Morgan fingerprint density at radius 1 is 0.968 bits per heavy atom. The van der Waals surface area contributed by atoms with Gasteiger partial charge in [0.15, 0.2) is 18.1 Å². The predicted octanol–water partition coefficient (Wildman–Crippen LogP) is 3.64. The van der Waals surface area contributed by atoms with E-state index in [-0.39, 0.29) is 12.5 Å². The fraction of sp³-hybridized carbons (Fsp3) is 0.333. The van der Waals surface area contributed by atoms with Crippen molar-refractivity contribution in [2.75, 3.05) is 26.4 Å². The van der Waals surface area contributed by atoms with Crippen LogP contribution in [0.4, 0.5) is 0 Å². The highest BCUT2D eigenvalue weighted by atomic mass is 16.5. The largest absolute Gasteiger partial charge is 0.490 e. The lowest BCUT2D eigenvalue weighted by Gasteiger charge is -2.13. The number of hydrogen-bond acceptors (Lipinski definition) is 6. The van der Waals surface area contributed by atoms with E-state index in [9.17, 15) is 9.59 Å². The maximum atomic E-state index is 12.1. The summed E-state index contributed by atoms with van der Waals surface area (Å²) in [4.78, 5) is 23.7. The van der Waals surface area contributed by atoms with Gasteiger partial charge in [0.2, 0.25) is 0 Å². The van der Waals surface area contributed by atoms with E-state index >= 15 is 0 Å². The van der Waals surface area contributed by atoms with Crippen molar-refractivity contribution in [3.63, 3.8) is 0 Å². The summed E-state index contributed by atoms with van der Waals surface area (Å²) in [5.74, 6) is 1.65. The number of carbonyl (C=O) groups excluding carboxylic acids is 1. The minimum atomic E-state index is -0.415. The predicted molar refractivity (Wildman–Crippen MR) is 118 cm³/mol. The molecule has 1 heterocycles. The lowest BCUT2D eigenvalue weighted by molar-refractivity contribution is -0.123. The van der Waals surface area contributed by atoms with Gasteiger partial charge in [-0.1, -0.05) is 6.07 Å². The first kappa shape index (κ1) is 22.2. The summed E-state index contributed by atoms with van der Waals surface area (Å²) in [5, 5.41) is 3.67. The number of carbonyl (C=O) groups is 1. The normalized spacial score (nSPS) is 10.7. The SMILES string of the molecule is CCOc1ccc(CCNC(=O)COc2ccc3c(C)cc(=O)oc3c2)cc1OCC. The Labute approximate surface area is 180 Å². The van der Waals surface area contributed by atoms with Crippen molar-refractivity contribution in [3.8, 4) is 17.2 Å². The molecular formula is C24H27NO6. The molecule has 0 aliphatic rings. The van der Waals surface area contributed by atoms with Crippen LogP contribution in [0, 0.1) is 6.92 Å². The van der Waals surface area contributed by atoms with E-state index in [1.807, 2.05) is 45.0 Å². The molecule has 0 fully saturated rings. The molecule has 0 unspecified atom stereocenters. The summed E-state index contributed by atoms with van der Waals surface area (Å²) in [6.45, 7) is 7.15. The fourth-order valence-corrected chi connectivity index (χ4v) is 3.19. The third-order valence-corrected chi connectivity index (χ3v) is 4.64. The number of hydrogen-bond donors (Lipinski definition) is 1. The number of amides is 1. The van der Waals surface area contributed by atoms with Gasteiger partial charge in [-0.15, -0.1) is 0 Å². The first-order valence-corrected chi connectivity index (χ1v) is 10.3. The van der Waals surface area contributed by atoms with Crippen LogP contribution in [0.25, 0.3) is 11.0 Å². The van der Waals surface area contributed by atoms with Crippen LogP contribution < -0.4 is 25.2 Å². The molecule has 1 amide bonds. The van der Waals surface area contributed by atoms with Crippen molar-refractivity contribution in [1.29, 1.82) is 0 Å². The van der Waals surface area contributed by atoms with Crippen LogP contribution >= 0.6 is 0 Å². The topological polar surface area (TPSA) is 87.0 Å². The second kappa shape index (κ2) is 10.5. The number of nitrogens with one attached hydrogen (secondary N) is 1. The molecule has 31 heavy (non-hydrogen) atoms. The molecule has 3 aromatic rings. The third kappa shape index (κ3) is 6.01. The molecule has 0 aliphatic carbocycles. The molecule has 7 heteroatoms. The summed E-state index contributed by atoms with van der Waals surface area (Å²) >= 11 is 0. The highest BCUT2D eigenvalue weighted by molar-refractivity contribution is 5.81. The lowest BCUT2D eigenvalue weighted by atomic mass is 10.1. The van der Waals surface area contributed by atoms with Crippen LogP contribution in [0.2, 0.25) is 0 Å². The maximum Gasteiger partial charge on any atom is 0.336 e.